The van der Waals surface area contributed by atoms with Gasteiger partial charge in [-0.1, -0.05) is 6.07 Å². The van der Waals surface area contributed by atoms with Crippen molar-refractivity contribution in [3.8, 4) is 11.5 Å². The van der Waals surface area contributed by atoms with Gasteiger partial charge < -0.3 is 55.6 Å². The van der Waals surface area contributed by atoms with Crippen molar-refractivity contribution in [3.05, 3.63) is 23.8 Å². The highest BCUT2D eigenvalue weighted by Crippen LogP contribution is 2.54. The van der Waals surface area contributed by atoms with E-state index in [1.54, 1.807) is 6.07 Å². The molecule has 1 aromatic rings. The Morgan fingerprint density at radius 3 is 2.07 bits per heavy atom. The van der Waals surface area contributed by atoms with Gasteiger partial charge in [0.2, 0.25) is 11.6 Å². The van der Waals surface area contributed by atoms with Crippen molar-refractivity contribution in [1.82, 2.24) is 5.32 Å². The quantitative estimate of drug-likeness (QED) is 0.207. The Morgan fingerprint density at radius 2 is 1.62 bits per heavy atom. The molecular weight excluding hydrogens is 396 g/mol. The molecule has 1 aliphatic heterocycles. The lowest BCUT2D eigenvalue weighted by molar-refractivity contribution is -0.449. The number of benzene rings is 1. The molecule has 3 atom stereocenters. The van der Waals surface area contributed by atoms with Gasteiger partial charge >= 0.3 is 5.79 Å². The number of aliphatic hydroxyl groups is 8. The highest BCUT2D eigenvalue weighted by molar-refractivity contribution is 5.79. The molecule has 11 N–H and O–H groups in total. The summed E-state index contributed by atoms with van der Waals surface area (Å²) in [5, 5.41) is 82.8. The summed E-state index contributed by atoms with van der Waals surface area (Å²) in [5.74, 6) is -18.1. The molecule has 13 heteroatoms. The first-order chi connectivity index (χ1) is 13.1. The topological polar surface area (TPSA) is 235 Å². The van der Waals surface area contributed by atoms with Gasteiger partial charge in [0, 0.05) is 18.9 Å². The van der Waals surface area contributed by atoms with Crippen LogP contribution in [0.2, 0.25) is 0 Å². The summed E-state index contributed by atoms with van der Waals surface area (Å²) >= 11 is 0. The van der Waals surface area contributed by atoms with Gasteiger partial charge in [0.25, 0.3) is 17.4 Å². The molecule has 1 amide bonds. The second kappa shape index (κ2) is 6.21. The molecule has 162 valence electrons. The first-order valence-corrected chi connectivity index (χ1v) is 8.35. The molecule has 1 aliphatic carbocycles. The van der Waals surface area contributed by atoms with Gasteiger partial charge in [-0.15, -0.1) is 0 Å². The maximum absolute atomic E-state index is 11.4. The van der Waals surface area contributed by atoms with Crippen LogP contribution in [0, 0.1) is 0 Å². The zero-order valence-electron chi connectivity index (χ0n) is 15.1. The summed E-state index contributed by atoms with van der Waals surface area (Å²) in [4.78, 5) is 11.4. The van der Waals surface area contributed by atoms with E-state index >= 15 is 0 Å². The third kappa shape index (κ3) is 2.58. The molecule has 29 heavy (non-hydrogen) atoms. The van der Waals surface area contributed by atoms with Gasteiger partial charge in [-0.05, 0) is 17.7 Å². The molecule has 0 spiro atoms. The van der Waals surface area contributed by atoms with Crippen LogP contribution in [0.4, 0.5) is 0 Å². The Balaban J connectivity index is 2.09. The van der Waals surface area contributed by atoms with E-state index in [4.69, 9.17) is 15.2 Å². The smallest absolute Gasteiger partial charge is 0.317 e. The van der Waals surface area contributed by atoms with Crippen LogP contribution < -0.4 is 20.5 Å². The molecule has 2 aliphatic rings. The number of methoxy groups -OCH3 is 1. The lowest BCUT2D eigenvalue weighted by atomic mass is 9.97. The Labute approximate surface area is 163 Å². The van der Waals surface area contributed by atoms with Gasteiger partial charge in [-0.2, -0.15) is 0 Å². The lowest BCUT2D eigenvalue weighted by Gasteiger charge is -2.40. The summed E-state index contributed by atoms with van der Waals surface area (Å²) in [6.07, 6.45) is 0.133. The number of carbonyl (C=O) groups excluding carboxylic acids is 1. The molecule has 2 fully saturated rings. The van der Waals surface area contributed by atoms with Crippen molar-refractivity contribution in [3.63, 3.8) is 0 Å². The maximum Gasteiger partial charge on any atom is 0.317 e. The second-order valence-electron chi connectivity index (χ2n) is 7.14. The van der Waals surface area contributed by atoms with Gasteiger partial charge in [-0.3, -0.25) is 10.5 Å². The van der Waals surface area contributed by atoms with Crippen LogP contribution in [0.25, 0.3) is 0 Å². The van der Waals surface area contributed by atoms with Crippen LogP contribution >= 0.6 is 0 Å². The number of carbonyl (C=O) groups is 1. The third-order valence-electron chi connectivity index (χ3n) is 5.39. The van der Waals surface area contributed by atoms with E-state index in [0.29, 0.717) is 5.56 Å². The molecule has 1 aromatic carbocycles. The number of rotatable bonds is 4. The fraction of sp³-hybridized carbons (Fsp3) is 0.562. The van der Waals surface area contributed by atoms with Crippen LogP contribution in [-0.2, 0) is 4.79 Å². The number of nitrogens with two attached hydrogens (primary N) is 1. The SMILES string of the molecule is COc1ccc(C2CNC(=O)C2)cc1OC1(O)C(N)(O)C(O)(O)C(O)(O)C1(O)O. The van der Waals surface area contributed by atoms with E-state index in [0.717, 1.165) is 0 Å². The van der Waals surface area contributed by atoms with Crippen LogP contribution in [-0.4, -0.2) is 89.3 Å². The summed E-state index contributed by atoms with van der Waals surface area (Å²) in [7, 11) is 1.19. The molecule has 13 nitrogen and oxygen atoms in total. The minimum Gasteiger partial charge on any atom is -0.493 e. The number of hydrogen-bond donors (Lipinski definition) is 10. The standard InChI is InChI=1S/C16H22N2O11/c1-28-9-3-2-7(8-5-11(19)18-6-8)4-10(9)29-16(27)12(17,20)13(21,22)14(23,24)15(16,25)26/h2-4,8,20-27H,5-6,17H2,1H3,(H,18,19). The van der Waals surface area contributed by atoms with Crippen LogP contribution in [0.15, 0.2) is 18.2 Å². The highest BCUT2D eigenvalue weighted by Gasteiger charge is 2.92. The fourth-order valence-corrected chi connectivity index (χ4v) is 3.42. The number of amides is 1. The lowest BCUT2D eigenvalue weighted by Crippen LogP contribution is -2.74. The first-order valence-electron chi connectivity index (χ1n) is 8.35. The summed E-state index contributed by atoms with van der Waals surface area (Å²) in [6.45, 7) is 0.284. The summed E-state index contributed by atoms with van der Waals surface area (Å²) in [6, 6.07) is 4.09. The molecule has 0 aromatic heterocycles. The molecule has 1 heterocycles. The van der Waals surface area contributed by atoms with Gasteiger partial charge in [0.05, 0.1) is 7.11 Å². The Morgan fingerprint density at radius 1 is 1.00 bits per heavy atom. The molecular formula is C16H22N2O11. The van der Waals surface area contributed by atoms with E-state index < -0.39 is 34.6 Å². The van der Waals surface area contributed by atoms with Crippen LogP contribution in [0.5, 0.6) is 11.5 Å². The predicted octanol–water partition coefficient (Wildman–Crippen LogP) is -4.93. The minimum atomic E-state index is -4.36. The second-order valence-corrected chi connectivity index (χ2v) is 7.14. The first kappa shape index (κ1) is 21.6. The predicted molar refractivity (Wildman–Crippen MR) is 89.6 cm³/mol. The van der Waals surface area contributed by atoms with E-state index in [1.807, 2.05) is 0 Å². The number of nitrogens with one attached hydrogen (secondary N) is 1. The van der Waals surface area contributed by atoms with Crippen molar-refractivity contribution in [1.29, 1.82) is 0 Å². The molecule has 1 saturated heterocycles. The van der Waals surface area contributed by atoms with E-state index in [2.05, 4.69) is 5.32 Å². The van der Waals surface area contributed by atoms with Crippen LogP contribution in [0.1, 0.15) is 17.9 Å². The number of ether oxygens (including phenoxy) is 2. The summed E-state index contributed by atoms with van der Waals surface area (Å²) in [5.41, 5.74) is 1.79. The Bertz CT molecular complexity index is 810. The van der Waals surface area contributed by atoms with Crippen molar-refractivity contribution < 1.29 is 55.1 Å². The maximum atomic E-state index is 11.4. The van der Waals surface area contributed by atoms with Gasteiger partial charge in [0.1, 0.15) is 0 Å². The van der Waals surface area contributed by atoms with Crippen molar-refractivity contribution in [2.24, 2.45) is 5.73 Å². The number of hydrogen-bond acceptors (Lipinski definition) is 12. The monoisotopic (exact) mass is 418 g/mol. The molecule has 3 unspecified atom stereocenters. The normalized spacial score (nSPS) is 34.7. The molecule has 0 bridgehead atoms. The third-order valence-corrected chi connectivity index (χ3v) is 5.39. The molecule has 0 radical (unpaired) electrons. The highest BCUT2D eigenvalue weighted by atomic mass is 16.8. The molecule has 3 rings (SSSR count). The van der Waals surface area contributed by atoms with E-state index in [1.165, 1.54) is 19.2 Å². The average molecular weight is 418 g/mol. The van der Waals surface area contributed by atoms with Gasteiger partial charge in [0.15, 0.2) is 11.5 Å². The average Bonchev–Trinajstić information content (AvgIpc) is 3.08. The zero-order chi connectivity index (χ0) is 22.0. The minimum absolute atomic E-state index is 0.133. The Hall–Kier alpha value is -2.07. The van der Waals surface area contributed by atoms with E-state index in [-0.39, 0.29) is 30.5 Å². The van der Waals surface area contributed by atoms with Crippen molar-refractivity contribution in [2.75, 3.05) is 13.7 Å². The van der Waals surface area contributed by atoms with Crippen molar-refractivity contribution in [2.45, 2.75) is 41.2 Å². The largest absolute Gasteiger partial charge is 0.493 e. The fourth-order valence-electron chi connectivity index (χ4n) is 3.42. The van der Waals surface area contributed by atoms with Crippen LogP contribution in [0.3, 0.4) is 0 Å². The molecule has 1 saturated carbocycles. The summed E-state index contributed by atoms with van der Waals surface area (Å²) < 4.78 is 10.0. The van der Waals surface area contributed by atoms with Gasteiger partial charge in [-0.25, -0.2) is 0 Å². The zero-order valence-corrected chi connectivity index (χ0v) is 15.1. The van der Waals surface area contributed by atoms with Crippen molar-refractivity contribution >= 4 is 5.91 Å². The Kier molecular flexibility index (Phi) is 4.63. The van der Waals surface area contributed by atoms with E-state index in [9.17, 15) is 45.6 Å².